The van der Waals surface area contributed by atoms with E-state index >= 15 is 0 Å². The van der Waals surface area contributed by atoms with E-state index in [-0.39, 0.29) is 0 Å². The highest BCUT2D eigenvalue weighted by Gasteiger charge is 2.20. The standard InChI is InChI=1S/C15H24N2/c1-3-12-5-7-13(8-6-12)17-15-9-4-11(2)10-14(15)16/h4,9-10,12-13,17H,3,5-8,16H2,1-2H3. The van der Waals surface area contributed by atoms with Gasteiger partial charge in [-0.15, -0.1) is 0 Å². The molecule has 0 unspecified atom stereocenters. The van der Waals surface area contributed by atoms with Crippen LogP contribution in [-0.4, -0.2) is 6.04 Å². The van der Waals surface area contributed by atoms with Crippen LogP contribution in [0.3, 0.4) is 0 Å². The Bertz CT molecular complexity index is 365. The Labute approximate surface area is 105 Å². The number of hydrogen-bond acceptors (Lipinski definition) is 2. The van der Waals surface area contributed by atoms with Crippen LogP contribution >= 0.6 is 0 Å². The molecule has 0 spiro atoms. The summed E-state index contributed by atoms with van der Waals surface area (Å²) in [5.41, 5.74) is 9.24. The van der Waals surface area contributed by atoms with Crippen molar-refractivity contribution >= 4 is 11.4 Å². The van der Waals surface area contributed by atoms with Gasteiger partial charge in [0.2, 0.25) is 0 Å². The molecule has 0 atom stereocenters. The van der Waals surface area contributed by atoms with Crippen molar-refractivity contribution in [1.29, 1.82) is 0 Å². The van der Waals surface area contributed by atoms with E-state index in [1.165, 1.54) is 37.7 Å². The fourth-order valence-corrected chi connectivity index (χ4v) is 2.75. The van der Waals surface area contributed by atoms with Crippen molar-refractivity contribution < 1.29 is 0 Å². The lowest BCUT2D eigenvalue weighted by molar-refractivity contribution is 0.330. The maximum atomic E-state index is 6.03. The highest BCUT2D eigenvalue weighted by atomic mass is 14.9. The van der Waals surface area contributed by atoms with Gasteiger partial charge in [0.15, 0.2) is 0 Å². The molecule has 1 aliphatic rings. The lowest BCUT2D eigenvalue weighted by Crippen LogP contribution is -2.26. The summed E-state index contributed by atoms with van der Waals surface area (Å²) in [6.07, 6.45) is 6.62. The summed E-state index contributed by atoms with van der Waals surface area (Å²) in [6.45, 7) is 4.38. The zero-order valence-electron chi connectivity index (χ0n) is 11.0. The molecule has 2 nitrogen and oxygen atoms in total. The van der Waals surface area contributed by atoms with Gasteiger partial charge in [-0.25, -0.2) is 0 Å². The molecule has 1 aromatic rings. The largest absolute Gasteiger partial charge is 0.397 e. The minimum absolute atomic E-state index is 0.614. The zero-order valence-corrected chi connectivity index (χ0v) is 11.0. The third-order valence-electron chi connectivity index (χ3n) is 3.99. The molecule has 1 aliphatic carbocycles. The Morgan fingerprint density at radius 2 is 1.94 bits per heavy atom. The number of nitrogens with two attached hydrogens (primary N) is 1. The number of nitrogens with one attached hydrogen (secondary N) is 1. The molecule has 2 rings (SSSR count). The summed E-state index contributed by atoms with van der Waals surface area (Å²) in [4.78, 5) is 0. The van der Waals surface area contributed by atoms with Gasteiger partial charge in [0, 0.05) is 6.04 Å². The zero-order chi connectivity index (χ0) is 12.3. The van der Waals surface area contributed by atoms with E-state index < -0.39 is 0 Å². The average Bonchev–Trinajstić information content (AvgIpc) is 2.34. The van der Waals surface area contributed by atoms with Crippen molar-refractivity contribution in [2.45, 2.75) is 52.0 Å². The van der Waals surface area contributed by atoms with Crippen LogP contribution in [0.15, 0.2) is 18.2 Å². The SMILES string of the molecule is CCC1CCC(Nc2ccc(C)cc2N)CC1. The molecule has 94 valence electrons. The molecule has 1 fully saturated rings. The predicted molar refractivity (Wildman–Crippen MR) is 75.3 cm³/mol. The minimum Gasteiger partial charge on any atom is -0.397 e. The molecule has 3 N–H and O–H groups in total. The van der Waals surface area contributed by atoms with Crippen molar-refractivity contribution in [3.8, 4) is 0 Å². The molecule has 0 bridgehead atoms. The van der Waals surface area contributed by atoms with Crippen LogP contribution in [0, 0.1) is 12.8 Å². The van der Waals surface area contributed by atoms with E-state index in [1.54, 1.807) is 0 Å². The first-order valence-electron chi connectivity index (χ1n) is 6.81. The predicted octanol–water partition coefficient (Wildman–Crippen LogP) is 3.96. The molecule has 0 amide bonds. The second-order valence-corrected chi connectivity index (χ2v) is 5.36. The maximum absolute atomic E-state index is 6.03. The minimum atomic E-state index is 0.614. The maximum Gasteiger partial charge on any atom is 0.0576 e. The van der Waals surface area contributed by atoms with E-state index in [0.717, 1.165) is 17.3 Å². The third-order valence-corrected chi connectivity index (χ3v) is 3.99. The third kappa shape index (κ3) is 3.15. The first-order valence-corrected chi connectivity index (χ1v) is 6.81. The lowest BCUT2D eigenvalue weighted by atomic mass is 9.84. The number of aryl methyl sites for hydroxylation is 1. The van der Waals surface area contributed by atoms with Crippen molar-refractivity contribution in [2.24, 2.45) is 5.92 Å². The highest BCUT2D eigenvalue weighted by Crippen LogP contribution is 2.30. The van der Waals surface area contributed by atoms with Crippen LogP contribution in [0.5, 0.6) is 0 Å². The molecule has 0 aromatic heterocycles. The van der Waals surface area contributed by atoms with Crippen LogP contribution in [0.25, 0.3) is 0 Å². The van der Waals surface area contributed by atoms with E-state index in [1.807, 2.05) is 6.07 Å². The van der Waals surface area contributed by atoms with Gasteiger partial charge in [0.1, 0.15) is 0 Å². The second-order valence-electron chi connectivity index (χ2n) is 5.36. The van der Waals surface area contributed by atoms with E-state index in [9.17, 15) is 0 Å². The average molecular weight is 232 g/mol. The van der Waals surface area contributed by atoms with Gasteiger partial charge in [-0.3, -0.25) is 0 Å². The summed E-state index contributed by atoms with van der Waals surface area (Å²) in [6, 6.07) is 6.88. The molecule has 1 saturated carbocycles. The Hall–Kier alpha value is -1.18. The van der Waals surface area contributed by atoms with Crippen molar-refractivity contribution in [2.75, 3.05) is 11.1 Å². The fourth-order valence-electron chi connectivity index (χ4n) is 2.75. The van der Waals surface area contributed by atoms with Gasteiger partial charge >= 0.3 is 0 Å². The van der Waals surface area contributed by atoms with Gasteiger partial charge in [-0.05, 0) is 56.2 Å². The second kappa shape index (κ2) is 5.44. The van der Waals surface area contributed by atoms with Gasteiger partial charge in [0.25, 0.3) is 0 Å². The van der Waals surface area contributed by atoms with Gasteiger partial charge < -0.3 is 11.1 Å². The summed E-state index contributed by atoms with van der Waals surface area (Å²) in [7, 11) is 0. The molecule has 2 heteroatoms. The Morgan fingerprint density at radius 1 is 1.24 bits per heavy atom. The summed E-state index contributed by atoms with van der Waals surface area (Å²) in [5.74, 6) is 0.948. The molecule has 1 aromatic carbocycles. The molecule has 0 heterocycles. The van der Waals surface area contributed by atoms with E-state index in [0.29, 0.717) is 6.04 Å². The van der Waals surface area contributed by atoms with Gasteiger partial charge in [0.05, 0.1) is 11.4 Å². The summed E-state index contributed by atoms with van der Waals surface area (Å²) < 4.78 is 0. The first-order chi connectivity index (χ1) is 8.19. The highest BCUT2D eigenvalue weighted by molar-refractivity contribution is 5.67. The molecular weight excluding hydrogens is 208 g/mol. The van der Waals surface area contributed by atoms with Crippen LogP contribution in [0.2, 0.25) is 0 Å². The Kier molecular flexibility index (Phi) is 3.93. The number of nitrogen functional groups attached to an aromatic ring is 1. The molecule has 0 radical (unpaired) electrons. The smallest absolute Gasteiger partial charge is 0.0576 e. The summed E-state index contributed by atoms with van der Waals surface area (Å²) in [5, 5.41) is 3.60. The van der Waals surface area contributed by atoms with Crippen molar-refractivity contribution in [1.82, 2.24) is 0 Å². The Morgan fingerprint density at radius 3 is 2.53 bits per heavy atom. The molecular formula is C15H24N2. The van der Waals surface area contributed by atoms with E-state index in [2.05, 4.69) is 31.3 Å². The van der Waals surface area contributed by atoms with Crippen LogP contribution in [0.4, 0.5) is 11.4 Å². The molecule has 0 aliphatic heterocycles. The normalized spacial score (nSPS) is 24.6. The van der Waals surface area contributed by atoms with Crippen molar-refractivity contribution in [3.05, 3.63) is 23.8 Å². The van der Waals surface area contributed by atoms with Crippen LogP contribution in [-0.2, 0) is 0 Å². The first kappa shape index (κ1) is 12.3. The molecule has 0 saturated heterocycles. The van der Waals surface area contributed by atoms with Crippen LogP contribution < -0.4 is 11.1 Å². The summed E-state index contributed by atoms with van der Waals surface area (Å²) >= 11 is 0. The van der Waals surface area contributed by atoms with Crippen LogP contribution in [0.1, 0.15) is 44.6 Å². The van der Waals surface area contributed by atoms with E-state index in [4.69, 9.17) is 5.73 Å². The lowest BCUT2D eigenvalue weighted by Gasteiger charge is -2.29. The number of benzene rings is 1. The Balaban J connectivity index is 1.93. The number of rotatable bonds is 3. The fraction of sp³-hybridized carbons (Fsp3) is 0.600. The number of anilines is 2. The molecule has 17 heavy (non-hydrogen) atoms. The topological polar surface area (TPSA) is 38.0 Å². The van der Waals surface area contributed by atoms with Gasteiger partial charge in [-0.1, -0.05) is 19.4 Å². The number of hydrogen-bond donors (Lipinski definition) is 2. The van der Waals surface area contributed by atoms with Gasteiger partial charge in [-0.2, -0.15) is 0 Å². The monoisotopic (exact) mass is 232 g/mol. The van der Waals surface area contributed by atoms with Crippen molar-refractivity contribution in [3.63, 3.8) is 0 Å². The quantitative estimate of drug-likeness (QED) is 0.774.